The smallest absolute Gasteiger partial charge is 0.423 e. The first-order valence-electron chi connectivity index (χ1n) is 15.1. The Morgan fingerprint density at radius 3 is 1.80 bits per heavy atom. The maximum absolute atomic E-state index is 9.75. The van der Waals surface area contributed by atoms with E-state index in [9.17, 15) is 10.0 Å². The van der Waals surface area contributed by atoms with Gasteiger partial charge in [-0.3, -0.25) is 0 Å². The van der Waals surface area contributed by atoms with Crippen molar-refractivity contribution in [3.05, 3.63) is 164 Å². The number of benzene rings is 7. The molecule has 0 spiro atoms. The van der Waals surface area contributed by atoms with Crippen LogP contribution in [-0.4, -0.2) is 21.7 Å². The fourth-order valence-corrected chi connectivity index (χ4v) is 6.37. The number of anilines is 3. The summed E-state index contributed by atoms with van der Waals surface area (Å²) >= 11 is 0. The van der Waals surface area contributed by atoms with Gasteiger partial charge >= 0.3 is 7.12 Å². The van der Waals surface area contributed by atoms with Crippen LogP contribution in [0.15, 0.2) is 164 Å². The van der Waals surface area contributed by atoms with Gasteiger partial charge in [-0.25, -0.2) is 0 Å². The molecule has 0 fully saturated rings. The first kappa shape index (κ1) is 27.0. The van der Waals surface area contributed by atoms with Crippen LogP contribution in [0.1, 0.15) is 0 Å². The van der Waals surface area contributed by atoms with Gasteiger partial charge in [0.1, 0.15) is 0 Å². The van der Waals surface area contributed by atoms with Crippen molar-refractivity contribution in [1.82, 2.24) is 4.57 Å². The van der Waals surface area contributed by atoms with E-state index in [0.29, 0.717) is 5.46 Å². The second kappa shape index (κ2) is 11.1. The van der Waals surface area contributed by atoms with Crippen LogP contribution in [0, 0.1) is 0 Å². The molecule has 1 heterocycles. The molecule has 0 radical (unpaired) electrons. The number of para-hydroxylation sites is 2. The van der Waals surface area contributed by atoms with E-state index in [4.69, 9.17) is 0 Å². The minimum Gasteiger partial charge on any atom is -0.423 e. The molecule has 7 aromatic carbocycles. The van der Waals surface area contributed by atoms with Crippen molar-refractivity contribution in [3.63, 3.8) is 0 Å². The van der Waals surface area contributed by atoms with Gasteiger partial charge in [0, 0.05) is 33.5 Å². The molecule has 0 aliphatic carbocycles. The summed E-state index contributed by atoms with van der Waals surface area (Å²) in [7, 11) is -1.52. The number of hydrogen-bond donors (Lipinski definition) is 2. The van der Waals surface area contributed by atoms with E-state index in [1.807, 2.05) is 18.2 Å². The lowest BCUT2D eigenvalue weighted by molar-refractivity contribution is 0.426. The second-order valence-corrected chi connectivity index (χ2v) is 11.3. The summed E-state index contributed by atoms with van der Waals surface area (Å²) in [4.78, 5) is 2.21. The van der Waals surface area contributed by atoms with Crippen LogP contribution in [0.5, 0.6) is 0 Å². The molecule has 214 valence electrons. The van der Waals surface area contributed by atoms with Gasteiger partial charge in [0.25, 0.3) is 0 Å². The summed E-state index contributed by atoms with van der Waals surface area (Å²) in [6.07, 6.45) is 0. The van der Waals surface area contributed by atoms with Crippen molar-refractivity contribution in [2.45, 2.75) is 0 Å². The standard InChI is InChI=1S/C40H29BN2O2/c44-41(45)32-18-22-35(23-19-32)42(34-20-16-29(17-21-34)31-15-14-28-8-4-5-9-30(28)26-31)36-24-25-40-38(27-36)37-12-6-7-13-39(37)43(40)33-10-2-1-3-11-33/h1-27,44-45H. The highest BCUT2D eigenvalue weighted by atomic mass is 16.4. The molecule has 0 saturated heterocycles. The van der Waals surface area contributed by atoms with E-state index in [0.717, 1.165) is 44.7 Å². The molecule has 0 aliphatic rings. The lowest BCUT2D eigenvalue weighted by Gasteiger charge is -2.26. The Bertz CT molecular complexity index is 2290. The van der Waals surface area contributed by atoms with Crippen LogP contribution in [0.25, 0.3) is 49.4 Å². The maximum atomic E-state index is 9.75. The van der Waals surface area contributed by atoms with Crippen molar-refractivity contribution >= 4 is 62.2 Å². The van der Waals surface area contributed by atoms with Crippen molar-refractivity contribution in [2.24, 2.45) is 0 Å². The fraction of sp³-hybridized carbons (Fsp3) is 0. The molecule has 0 bridgehead atoms. The maximum Gasteiger partial charge on any atom is 0.488 e. The lowest BCUT2D eigenvalue weighted by Crippen LogP contribution is -2.29. The lowest BCUT2D eigenvalue weighted by atomic mass is 9.80. The quantitative estimate of drug-likeness (QED) is 0.193. The molecular weight excluding hydrogens is 551 g/mol. The third-order valence-corrected chi connectivity index (χ3v) is 8.59. The second-order valence-electron chi connectivity index (χ2n) is 11.3. The third-order valence-electron chi connectivity index (χ3n) is 8.59. The molecule has 8 aromatic rings. The summed E-state index contributed by atoms with van der Waals surface area (Å²) in [6.45, 7) is 0. The number of hydrogen-bond acceptors (Lipinski definition) is 3. The van der Waals surface area contributed by atoms with Gasteiger partial charge < -0.3 is 19.5 Å². The van der Waals surface area contributed by atoms with Crippen molar-refractivity contribution in [2.75, 3.05) is 4.90 Å². The monoisotopic (exact) mass is 580 g/mol. The van der Waals surface area contributed by atoms with Crippen LogP contribution in [0.3, 0.4) is 0 Å². The van der Waals surface area contributed by atoms with E-state index in [-0.39, 0.29) is 0 Å². The van der Waals surface area contributed by atoms with Crippen molar-refractivity contribution < 1.29 is 10.0 Å². The molecule has 45 heavy (non-hydrogen) atoms. The van der Waals surface area contributed by atoms with Crippen LogP contribution in [0.4, 0.5) is 17.1 Å². The van der Waals surface area contributed by atoms with Crippen molar-refractivity contribution in [3.8, 4) is 16.8 Å². The predicted octanol–water partition coefficient (Wildman–Crippen LogP) is 8.75. The molecule has 2 N–H and O–H groups in total. The summed E-state index contributed by atoms with van der Waals surface area (Å²) in [5.41, 5.74) is 9.11. The van der Waals surface area contributed by atoms with E-state index in [1.54, 1.807) is 12.1 Å². The minimum absolute atomic E-state index is 0.451. The average Bonchev–Trinajstić information content (AvgIpc) is 3.43. The zero-order chi connectivity index (χ0) is 30.3. The number of aromatic nitrogens is 1. The minimum atomic E-state index is -1.52. The van der Waals surface area contributed by atoms with Crippen LogP contribution in [-0.2, 0) is 0 Å². The SMILES string of the molecule is OB(O)c1ccc(N(c2ccc(-c3ccc4ccccc4c3)cc2)c2ccc3c(c2)c2ccccc2n3-c2ccccc2)cc1. The Balaban J connectivity index is 1.27. The van der Waals surface area contributed by atoms with Gasteiger partial charge in [-0.15, -0.1) is 0 Å². The molecule has 5 heteroatoms. The van der Waals surface area contributed by atoms with E-state index in [2.05, 4.69) is 143 Å². The fourth-order valence-electron chi connectivity index (χ4n) is 6.37. The van der Waals surface area contributed by atoms with Crippen molar-refractivity contribution in [1.29, 1.82) is 0 Å². The van der Waals surface area contributed by atoms with E-state index < -0.39 is 7.12 Å². The molecular formula is C40H29BN2O2. The largest absolute Gasteiger partial charge is 0.488 e. The Morgan fingerprint density at radius 1 is 0.444 bits per heavy atom. The first-order valence-corrected chi connectivity index (χ1v) is 15.1. The zero-order valence-electron chi connectivity index (χ0n) is 24.5. The van der Waals surface area contributed by atoms with Gasteiger partial charge in [-0.1, -0.05) is 97.1 Å². The van der Waals surface area contributed by atoms with Gasteiger partial charge in [0.05, 0.1) is 11.0 Å². The van der Waals surface area contributed by atoms with E-state index >= 15 is 0 Å². The molecule has 8 rings (SSSR count). The van der Waals surface area contributed by atoms with Crippen LogP contribution < -0.4 is 10.4 Å². The predicted molar refractivity (Wildman–Crippen MR) is 188 cm³/mol. The Morgan fingerprint density at radius 2 is 1.04 bits per heavy atom. The molecule has 0 aliphatic heterocycles. The number of fused-ring (bicyclic) bond motifs is 4. The highest BCUT2D eigenvalue weighted by molar-refractivity contribution is 6.58. The molecule has 4 nitrogen and oxygen atoms in total. The molecule has 1 aromatic heterocycles. The summed E-state index contributed by atoms with van der Waals surface area (Å²) < 4.78 is 2.31. The van der Waals surface area contributed by atoms with Gasteiger partial charge in [0.2, 0.25) is 0 Å². The molecule has 0 unspecified atom stereocenters. The van der Waals surface area contributed by atoms with Crippen LogP contribution >= 0.6 is 0 Å². The average molecular weight is 580 g/mol. The third kappa shape index (κ3) is 4.85. The topological polar surface area (TPSA) is 48.6 Å². The number of rotatable bonds is 6. The Labute approximate surface area is 261 Å². The molecule has 0 amide bonds. The normalized spacial score (nSPS) is 11.3. The summed E-state index contributed by atoms with van der Waals surface area (Å²) in [5.74, 6) is 0. The molecule has 0 atom stereocenters. The molecule has 0 saturated carbocycles. The summed E-state index contributed by atoms with van der Waals surface area (Å²) in [6, 6.07) is 56.6. The van der Waals surface area contributed by atoms with E-state index in [1.165, 1.54) is 21.7 Å². The Hall–Kier alpha value is -5.62. The van der Waals surface area contributed by atoms with Gasteiger partial charge in [0.15, 0.2) is 0 Å². The number of nitrogens with zero attached hydrogens (tertiary/aromatic N) is 2. The van der Waals surface area contributed by atoms with Crippen LogP contribution in [0.2, 0.25) is 0 Å². The first-order chi connectivity index (χ1) is 22.1. The van der Waals surface area contributed by atoms with Gasteiger partial charge in [-0.2, -0.15) is 0 Å². The highest BCUT2D eigenvalue weighted by Crippen LogP contribution is 2.40. The van der Waals surface area contributed by atoms with Gasteiger partial charge in [-0.05, 0) is 94.1 Å². The zero-order valence-corrected chi connectivity index (χ0v) is 24.5. The highest BCUT2D eigenvalue weighted by Gasteiger charge is 2.18. The Kier molecular flexibility index (Phi) is 6.68. The summed E-state index contributed by atoms with van der Waals surface area (Å²) in [5, 5.41) is 24.3.